The molecule has 4 rings (SSSR count). The summed E-state index contributed by atoms with van der Waals surface area (Å²) in [5.41, 5.74) is 4.67. The minimum absolute atomic E-state index is 0. The van der Waals surface area contributed by atoms with E-state index >= 15 is 0 Å². The van der Waals surface area contributed by atoms with Crippen molar-refractivity contribution >= 4 is 79.5 Å². The summed E-state index contributed by atoms with van der Waals surface area (Å²) in [5, 5.41) is 4.15. The van der Waals surface area contributed by atoms with Gasteiger partial charge in [-0.1, -0.05) is 244 Å². The molecule has 6 nitrogen and oxygen atoms in total. The van der Waals surface area contributed by atoms with Gasteiger partial charge < -0.3 is 9.11 Å². The smallest absolute Gasteiger partial charge is 0.744 e. The summed E-state index contributed by atoms with van der Waals surface area (Å²) >= 11 is 0. The van der Waals surface area contributed by atoms with Gasteiger partial charge in [-0.2, -0.15) is 0 Å². The Balaban J connectivity index is 0.000000467. The van der Waals surface area contributed by atoms with Crippen LogP contribution in [0.5, 0.6) is 0 Å². The molecule has 0 unspecified atom stereocenters. The fourth-order valence-corrected chi connectivity index (χ4v) is 11.2. The third kappa shape index (κ3) is 26.3. The van der Waals surface area contributed by atoms with Gasteiger partial charge in [-0.3, -0.25) is 0 Å². The Hall–Kier alpha value is -1.52. The Kier molecular flexibility index (Phi) is 35.1. The van der Waals surface area contributed by atoms with Gasteiger partial charge in [0.25, 0.3) is 0 Å². The number of hydrogen-bond donors (Lipinski definition) is 0. The van der Waals surface area contributed by atoms with Crippen LogP contribution in [0.15, 0.2) is 70.5 Å². The number of aryl methyl sites for hydroxylation is 4. The first-order chi connectivity index (χ1) is 32.9. The van der Waals surface area contributed by atoms with E-state index in [1.54, 1.807) is 24.3 Å². The van der Waals surface area contributed by atoms with Gasteiger partial charge in [0.2, 0.25) is 0 Å². The summed E-state index contributed by atoms with van der Waals surface area (Å²) in [6, 6.07) is 18.8. The maximum atomic E-state index is 11.8. The van der Waals surface area contributed by atoms with Gasteiger partial charge in [0, 0.05) is 0 Å². The Morgan fingerprint density at radius 3 is 0.797 bits per heavy atom. The van der Waals surface area contributed by atoms with E-state index in [0.29, 0.717) is 0 Å². The van der Waals surface area contributed by atoms with E-state index in [9.17, 15) is 25.9 Å². The molecular formula is C60H94CaO6S2. The first kappa shape index (κ1) is 63.6. The minimum Gasteiger partial charge on any atom is -0.744 e. The third-order valence-electron chi connectivity index (χ3n) is 14.0. The fraction of sp³-hybridized carbons (Fsp3) is 0.667. The molecule has 0 saturated carbocycles. The van der Waals surface area contributed by atoms with Gasteiger partial charge in [-0.05, 0) is 119 Å². The number of fused-ring (bicyclic) bond motifs is 2. The van der Waals surface area contributed by atoms with Crippen LogP contribution in [0, 0.1) is 0 Å². The number of hydrogen-bond acceptors (Lipinski definition) is 6. The minimum atomic E-state index is -4.46. The molecule has 0 radical (unpaired) electrons. The van der Waals surface area contributed by atoms with Gasteiger partial charge in [-0.25, -0.2) is 16.8 Å². The normalized spacial score (nSPS) is 11.8. The molecule has 0 saturated heterocycles. The molecule has 4 aromatic carbocycles. The summed E-state index contributed by atoms with van der Waals surface area (Å²) in [6.45, 7) is 8.98. The largest absolute Gasteiger partial charge is 2.00 e. The average molecular weight is 1020 g/mol. The van der Waals surface area contributed by atoms with Crippen LogP contribution < -0.4 is 0 Å². The zero-order valence-electron chi connectivity index (χ0n) is 44.2. The first-order valence-electron chi connectivity index (χ1n) is 27.9. The van der Waals surface area contributed by atoms with Crippen molar-refractivity contribution in [3.8, 4) is 0 Å². The molecule has 4 aromatic rings. The molecule has 9 heteroatoms. The van der Waals surface area contributed by atoms with E-state index in [2.05, 4.69) is 39.8 Å². The second-order valence-electron chi connectivity index (χ2n) is 20.0. The summed E-state index contributed by atoms with van der Waals surface area (Å²) in [7, 11) is -8.92. The number of benzene rings is 4. The van der Waals surface area contributed by atoms with E-state index in [1.807, 2.05) is 24.3 Å². The Bertz CT molecular complexity index is 2030. The van der Waals surface area contributed by atoms with Gasteiger partial charge in [0.15, 0.2) is 0 Å². The topological polar surface area (TPSA) is 114 Å². The second-order valence-corrected chi connectivity index (χ2v) is 22.8. The van der Waals surface area contributed by atoms with Gasteiger partial charge in [-0.15, -0.1) is 0 Å². The molecule has 0 aliphatic carbocycles. The van der Waals surface area contributed by atoms with Crippen LogP contribution >= 0.6 is 0 Å². The van der Waals surface area contributed by atoms with Crippen LogP contribution in [-0.2, 0) is 45.9 Å². The van der Waals surface area contributed by atoms with Crippen molar-refractivity contribution in [1.29, 1.82) is 0 Å². The quantitative estimate of drug-likeness (QED) is 0.0251. The summed E-state index contributed by atoms with van der Waals surface area (Å²) in [6.07, 6.45) is 44.2. The molecule has 0 aliphatic rings. The van der Waals surface area contributed by atoms with Crippen molar-refractivity contribution in [2.24, 2.45) is 0 Å². The number of unbranched alkanes of at least 4 members (excludes halogenated alkanes) is 28. The van der Waals surface area contributed by atoms with Crippen LogP contribution in [0.3, 0.4) is 0 Å². The molecule has 0 N–H and O–H groups in total. The average Bonchev–Trinajstić information content (AvgIpc) is 3.31. The molecule has 384 valence electrons. The van der Waals surface area contributed by atoms with E-state index in [-0.39, 0.29) is 47.5 Å². The summed E-state index contributed by atoms with van der Waals surface area (Å²) < 4.78 is 70.8. The standard InChI is InChI=1S/2C30H48O3S.Ca/c2*1-3-5-7-9-11-13-15-17-20-26-22-19-23-28-25-29(34(31,32)33)24-27(30(26)28)21-18-16-14-12-10-8-6-4-2;/h2*19,22-25H,3-18,20-21H2,1-2H3,(H,31,32,33);/q;;+2/p-2. The van der Waals surface area contributed by atoms with Crippen molar-refractivity contribution in [3.63, 3.8) is 0 Å². The zero-order chi connectivity index (χ0) is 49.3. The van der Waals surface area contributed by atoms with Crippen molar-refractivity contribution in [1.82, 2.24) is 0 Å². The van der Waals surface area contributed by atoms with Crippen molar-refractivity contribution in [3.05, 3.63) is 82.9 Å². The predicted molar refractivity (Wildman–Crippen MR) is 295 cm³/mol. The third-order valence-corrected chi connectivity index (χ3v) is 15.6. The maximum absolute atomic E-state index is 11.8. The van der Waals surface area contributed by atoms with Crippen LogP contribution in [0.2, 0.25) is 0 Å². The molecule has 0 spiro atoms. The van der Waals surface area contributed by atoms with Gasteiger partial charge in [0.1, 0.15) is 20.2 Å². The molecule has 0 atom stereocenters. The van der Waals surface area contributed by atoms with Crippen LogP contribution in [0.25, 0.3) is 21.5 Å². The van der Waals surface area contributed by atoms with E-state index in [1.165, 1.54) is 189 Å². The van der Waals surface area contributed by atoms with Gasteiger partial charge >= 0.3 is 37.7 Å². The molecule has 0 amide bonds. The SMILES string of the molecule is CCCCCCCCCCc1cccc2cc(S(=O)(=O)[O-])cc(CCCCCCCCCC)c12.CCCCCCCCCCc1cccc2cc(S(=O)(=O)[O-])cc(CCCCCCCCCC)c12.[Ca+2]. The second kappa shape index (κ2) is 38.1. The van der Waals surface area contributed by atoms with Crippen LogP contribution in [0.4, 0.5) is 0 Å². The summed E-state index contributed by atoms with van der Waals surface area (Å²) in [4.78, 5) is -0.169. The Morgan fingerprint density at radius 1 is 0.319 bits per heavy atom. The Morgan fingerprint density at radius 2 is 0.551 bits per heavy atom. The first-order valence-corrected chi connectivity index (χ1v) is 30.8. The molecule has 0 fully saturated rings. The molecule has 0 heterocycles. The van der Waals surface area contributed by atoms with Crippen LogP contribution in [0.1, 0.15) is 255 Å². The van der Waals surface area contributed by atoms with Crippen molar-refractivity contribution < 1.29 is 25.9 Å². The predicted octanol–water partition coefficient (Wildman–Crippen LogP) is 17.8. The van der Waals surface area contributed by atoms with E-state index in [0.717, 1.165) is 86.1 Å². The monoisotopic (exact) mass is 1010 g/mol. The number of rotatable bonds is 38. The molecular weight excluding hydrogens is 921 g/mol. The summed E-state index contributed by atoms with van der Waals surface area (Å²) in [5.74, 6) is 0. The van der Waals surface area contributed by atoms with Gasteiger partial charge in [0.05, 0.1) is 9.79 Å². The molecule has 69 heavy (non-hydrogen) atoms. The molecule has 0 aromatic heterocycles. The fourth-order valence-electron chi connectivity index (χ4n) is 10.0. The molecule has 0 bridgehead atoms. The molecule has 0 aliphatic heterocycles. The zero-order valence-corrected chi connectivity index (χ0v) is 48.0. The maximum Gasteiger partial charge on any atom is 2.00 e. The Labute approximate surface area is 453 Å². The van der Waals surface area contributed by atoms with Crippen LogP contribution in [-0.4, -0.2) is 63.7 Å². The van der Waals surface area contributed by atoms with Crippen molar-refractivity contribution in [2.75, 3.05) is 0 Å². The van der Waals surface area contributed by atoms with E-state index < -0.39 is 20.2 Å². The van der Waals surface area contributed by atoms with E-state index in [4.69, 9.17) is 0 Å². The van der Waals surface area contributed by atoms with Crippen molar-refractivity contribution in [2.45, 2.75) is 269 Å².